The van der Waals surface area contributed by atoms with Crippen LogP contribution in [-0.4, -0.2) is 22.8 Å². The third-order valence-corrected chi connectivity index (χ3v) is 4.45. The summed E-state index contributed by atoms with van der Waals surface area (Å²) < 4.78 is 5.68. The number of benzene rings is 2. The van der Waals surface area contributed by atoms with Gasteiger partial charge in [-0.25, -0.2) is 4.99 Å². The number of hydrogen-bond acceptors (Lipinski definition) is 6. The van der Waals surface area contributed by atoms with Crippen molar-refractivity contribution in [1.29, 1.82) is 0 Å². The summed E-state index contributed by atoms with van der Waals surface area (Å²) in [5, 5.41) is 13.5. The highest BCUT2D eigenvalue weighted by Crippen LogP contribution is 2.32. The van der Waals surface area contributed by atoms with E-state index in [1.54, 1.807) is 30.3 Å². The molecule has 0 atom stereocenters. The van der Waals surface area contributed by atoms with Gasteiger partial charge in [-0.1, -0.05) is 28.1 Å². The Morgan fingerprint density at radius 1 is 1.14 bits per heavy atom. The SMILES string of the molecule is O=C1Nc2ccc(Br)cc2C1=Nc1ccccc1N=Cc1coc([N+](=O)[O-])c1. The highest BCUT2D eigenvalue weighted by atomic mass is 79.9. The van der Waals surface area contributed by atoms with Crippen LogP contribution in [0.25, 0.3) is 0 Å². The first-order valence-corrected chi connectivity index (χ1v) is 8.86. The van der Waals surface area contributed by atoms with Crippen LogP contribution in [0.2, 0.25) is 0 Å². The van der Waals surface area contributed by atoms with E-state index < -0.39 is 4.92 Å². The summed E-state index contributed by atoms with van der Waals surface area (Å²) in [6, 6.07) is 13.8. The molecule has 3 aromatic rings. The third-order valence-electron chi connectivity index (χ3n) is 3.95. The zero-order chi connectivity index (χ0) is 19.7. The number of nitrogens with one attached hydrogen (secondary N) is 1. The van der Waals surface area contributed by atoms with Crippen molar-refractivity contribution >= 4 is 56.7 Å². The van der Waals surface area contributed by atoms with Crippen molar-refractivity contribution in [2.24, 2.45) is 9.98 Å². The summed E-state index contributed by atoms with van der Waals surface area (Å²) in [7, 11) is 0. The van der Waals surface area contributed by atoms with Crippen LogP contribution in [0.5, 0.6) is 0 Å². The van der Waals surface area contributed by atoms with Gasteiger partial charge < -0.3 is 9.73 Å². The Kier molecular flexibility index (Phi) is 4.58. The minimum Gasteiger partial charge on any atom is -0.409 e. The quantitative estimate of drug-likeness (QED) is 0.359. The van der Waals surface area contributed by atoms with E-state index in [4.69, 9.17) is 4.42 Å². The molecule has 0 saturated carbocycles. The average Bonchev–Trinajstić information content (AvgIpc) is 3.26. The Morgan fingerprint density at radius 3 is 2.68 bits per heavy atom. The lowest BCUT2D eigenvalue weighted by Crippen LogP contribution is -2.13. The molecule has 4 rings (SSSR count). The summed E-state index contributed by atoms with van der Waals surface area (Å²) in [5.74, 6) is -0.655. The number of nitrogens with zero attached hydrogens (tertiary/aromatic N) is 3. The number of aliphatic imine (C=N–C) groups is 2. The highest BCUT2D eigenvalue weighted by molar-refractivity contribution is 9.10. The van der Waals surface area contributed by atoms with Crippen molar-refractivity contribution in [3.05, 3.63) is 80.5 Å². The molecule has 9 heteroatoms. The molecule has 8 nitrogen and oxygen atoms in total. The normalized spacial score (nSPS) is 14.5. The minimum atomic E-state index is -0.620. The van der Waals surface area contributed by atoms with E-state index >= 15 is 0 Å². The van der Waals surface area contributed by atoms with Crippen LogP contribution in [0.4, 0.5) is 22.9 Å². The minimum absolute atomic E-state index is 0.290. The summed E-state index contributed by atoms with van der Waals surface area (Å²) in [6.45, 7) is 0. The topological polar surface area (TPSA) is 110 Å². The molecule has 0 radical (unpaired) electrons. The van der Waals surface area contributed by atoms with Crippen LogP contribution in [0.1, 0.15) is 11.1 Å². The van der Waals surface area contributed by atoms with Gasteiger partial charge in [0.2, 0.25) is 0 Å². The molecule has 0 spiro atoms. The first-order valence-electron chi connectivity index (χ1n) is 8.07. The Balaban J connectivity index is 1.70. The number of rotatable bonds is 4. The van der Waals surface area contributed by atoms with Gasteiger partial charge in [-0.15, -0.1) is 0 Å². The molecule has 0 saturated heterocycles. The van der Waals surface area contributed by atoms with Gasteiger partial charge >= 0.3 is 5.88 Å². The van der Waals surface area contributed by atoms with E-state index in [1.807, 2.05) is 12.1 Å². The Hall–Kier alpha value is -3.59. The molecule has 1 aromatic heterocycles. The van der Waals surface area contributed by atoms with Crippen molar-refractivity contribution in [2.45, 2.75) is 0 Å². The summed E-state index contributed by atoms with van der Waals surface area (Å²) in [5.41, 5.74) is 3.13. The Morgan fingerprint density at radius 2 is 1.93 bits per heavy atom. The van der Waals surface area contributed by atoms with E-state index in [0.29, 0.717) is 28.2 Å². The van der Waals surface area contributed by atoms with Crippen LogP contribution in [-0.2, 0) is 4.79 Å². The number of anilines is 1. The zero-order valence-electron chi connectivity index (χ0n) is 14.1. The largest absolute Gasteiger partial charge is 0.433 e. The fraction of sp³-hybridized carbons (Fsp3) is 0. The van der Waals surface area contributed by atoms with Gasteiger partial charge in [-0.05, 0) is 30.3 Å². The molecular weight excluding hydrogens is 428 g/mol. The van der Waals surface area contributed by atoms with Crippen LogP contribution in [0, 0.1) is 10.1 Å². The van der Waals surface area contributed by atoms with Crippen molar-refractivity contribution in [2.75, 3.05) is 5.32 Å². The number of amides is 1. The number of hydrogen-bond donors (Lipinski definition) is 1. The fourth-order valence-corrected chi connectivity index (χ4v) is 3.03. The van der Waals surface area contributed by atoms with Crippen LogP contribution in [0.15, 0.2) is 73.7 Å². The predicted molar refractivity (Wildman–Crippen MR) is 108 cm³/mol. The van der Waals surface area contributed by atoms with Gasteiger partial charge in [0.15, 0.2) is 0 Å². The maximum absolute atomic E-state index is 12.3. The van der Waals surface area contributed by atoms with Crippen LogP contribution in [0.3, 0.4) is 0 Å². The van der Waals surface area contributed by atoms with E-state index in [2.05, 4.69) is 31.2 Å². The van der Waals surface area contributed by atoms with Gasteiger partial charge in [0, 0.05) is 21.8 Å². The second-order valence-electron chi connectivity index (χ2n) is 5.83. The molecule has 1 amide bonds. The van der Waals surface area contributed by atoms with Gasteiger partial charge in [-0.2, -0.15) is 0 Å². The van der Waals surface area contributed by atoms with Crippen molar-refractivity contribution in [3.63, 3.8) is 0 Å². The molecule has 1 aliphatic rings. The first kappa shape index (κ1) is 17.8. The van der Waals surface area contributed by atoms with Crippen LogP contribution >= 0.6 is 15.9 Å². The van der Waals surface area contributed by atoms with Gasteiger partial charge in [0.1, 0.15) is 16.9 Å². The van der Waals surface area contributed by atoms with Crippen LogP contribution < -0.4 is 5.32 Å². The number of fused-ring (bicyclic) bond motifs is 1. The maximum atomic E-state index is 12.3. The monoisotopic (exact) mass is 438 g/mol. The molecule has 2 heterocycles. The summed E-state index contributed by atoms with van der Waals surface area (Å²) in [4.78, 5) is 31.3. The van der Waals surface area contributed by atoms with E-state index in [0.717, 1.165) is 4.47 Å². The zero-order valence-corrected chi connectivity index (χ0v) is 15.7. The molecule has 0 bridgehead atoms. The second kappa shape index (κ2) is 7.20. The van der Waals surface area contributed by atoms with Crippen molar-refractivity contribution < 1.29 is 14.1 Å². The highest BCUT2D eigenvalue weighted by Gasteiger charge is 2.26. The summed E-state index contributed by atoms with van der Waals surface area (Å²) >= 11 is 3.40. The van der Waals surface area contributed by atoms with Gasteiger partial charge in [-0.3, -0.25) is 19.9 Å². The Labute approximate surface area is 166 Å². The second-order valence-corrected chi connectivity index (χ2v) is 6.74. The number of nitro groups is 1. The fourth-order valence-electron chi connectivity index (χ4n) is 2.67. The molecular formula is C19H11BrN4O4. The van der Waals surface area contributed by atoms with E-state index in [-0.39, 0.29) is 17.5 Å². The molecule has 28 heavy (non-hydrogen) atoms. The lowest BCUT2D eigenvalue weighted by atomic mass is 10.1. The smallest absolute Gasteiger partial charge is 0.409 e. The lowest BCUT2D eigenvalue weighted by molar-refractivity contribution is -0.402. The molecule has 2 aromatic carbocycles. The van der Waals surface area contributed by atoms with Crippen molar-refractivity contribution in [3.8, 4) is 0 Å². The van der Waals surface area contributed by atoms with Gasteiger partial charge in [0.05, 0.1) is 23.1 Å². The Bertz CT molecular complexity index is 1170. The molecule has 1 N–H and O–H groups in total. The molecule has 138 valence electrons. The number of halogens is 1. The van der Waals surface area contributed by atoms with E-state index in [9.17, 15) is 14.9 Å². The number of carbonyl (C=O) groups is 1. The third kappa shape index (κ3) is 3.47. The van der Waals surface area contributed by atoms with Gasteiger partial charge in [0.25, 0.3) is 5.91 Å². The molecule has 0 aliphatic carbocycles. The van der Waals surface area contributed by atoms with E-state index in [1.165, 1.54) is 18.5 Å². The lowest BCUT2D eigenvalue weighted by Gasteiger charge is -2.02. The summed E-state index contributed by atoms with van der Waals surface area (Å²) in [6.07, 6.45) is 2.68. The molecule has 0 unspecified atom stereocenters. The maximum Gasteiger partial charge on any atom is 0.433 e. The number of furan rings is 1. The molecule has 0 fully saturated rings. The molecule has 1 aliphatic heterocycles. The number of para-hydroxylation sites is 2. The predicted octanol–water partition coefficient (Wildman–Crippen LogP) is 4.77. The first-order chi connectivity index (χ1) is 13.5. The van der Waals surface area contributed by atoms with Crippen molar-refractivity contribution in [1.82, 2.24) is 0 Å². The average molecular weight is 439 g/mol. The standard InChI is InChI=1S/C19H11BrN4O4/c20-12-5-6-14-13(8-12)18(19(25)23-14)22-16-4-2-1-3-15(16)21-9-11-7-17(24(26)27)28-10-11/h1-10H,(H,22,23,25). The number of carbonyl (C=O) groups excluding carboxylic acids is 1.